The third-order valence-electron chi connectivity index (χ3n) is 12.7. The number of benzene rings is 5. The maximum absolute atomic E-state index is 15.4. The fourth-order valence-electron chi connectivity index (χ4n) is 8.61. The van der Waals surface area contributed by atoms with Crippen molar-refractivity contribution in [2.75, 3.05) is 20.8 Å². The summed E-state index contributed by atoms with van der Waals surface area (Å²) in [7, 11) is 2.81. The van der Waals surface area contributed by atoms with E-state index in [9.17, 15) is 30.6 Å². The highest BCUT2D eigenvalue weighted by Gasteiger charge is 2.60. The van der Waals surface area contributed by atoms with E-state index in [1.165, 1.54) is 38.5 Å². The van der Waals surface area contributed by atoms with Gasteiger partial charge in [-0.3, -0.25) is 4.79 Å². The van der Waals surface area contributed by atoms with Crippen LogP contribution < -0.4 is 18.9 Å². The fourth-order valence-corrected chi connectivity index (χ4v) is 13.0. The number of esters is 4. The molecule has 10 rings (SSSR count). The number of aromatic nitrogens is 2. The Kier molecular flexibility index (Phi) is 18.6. The molecule has 430 valence electrons. The monoisotopic (exact) mass is 1230 g/mol. The van der Waals surface area contributed by atoms with Crippen molar-refractivity contribution in [2.45, 2.75) is 38.4 Å². The Morgan fingerprint density at radius 2 is 0.943 bits per heavy atom. The van der Waals surface area contributed by atoms with Gasteiger partial charge in [0.2, 0.25) is 11.4 Å². The second-order valence-electron chi connectivity index (χ2n) is 18.3. The molecule has 0 atom stereocenters. The van der Waals surface area contributed by atoms with Crippen LogP contribution in [-0.2, 0) is 76.6 Å². The van der Waals surface area contributed by atoms with Crippen molar-refractivity contribution < 1.29 is 57.1 Å². The van der Waals surface area contributed by atoms with Crippen molar-refractivity contribution in [1.82, 2.24) is 9.97 Å². The highest BCUT2D eigenvalue weighted by atomic mass is 32.1. The van der Waals surface area contributed by atoms with E-state index in [0.717, 1.165) is 50.9 Å². The SMILES string of the molecule is COc1cc(N=C(C#N)C#N)sc1-c1nc(CC(=O)OCc2ccccc2)c(-c2cc3c(cc2OCC(=O)OCc2ccccc2)-c2sc(-c4sc(N=C(C#N)C#N)cc4OC)nc2C(C(=O)OCc2ccccc2)(C(=O)OCc2ccccc2)O3)s1. The van der Waals surface area contributed by atoms with Gasteiger partial charge in [0.25, 0.3) is 0 Å². The molecule has 87 heavy (non-hydrogen) atoms. The minimum Gasteiger partial charge on any atom is -0.495 e. The van der Waals surface area contributed by atoms with Gasteiger partial charge in [-0.05, 0) is 34.4 Å². The van der Waals surface area contributed by atoms with Crippen molar-refractivity contribution in [2.24, 2.45) is 9.98 Å². The lowest BCUT2D eigenvalue weighted by Crippen LogP contribution is -2.52. The van der Waals surface area contributed by atoms with E-state index in [0.29, 0.717) is 26.4 Å². The molecule has 9 aromatic rings. The summed E-state index contributed by atoms with van der Waals surface area (Å²) >= 11 is 4.11. The quantitative estimate of drug-likeness (QED) is 0.0264. The summed E-state index contributed by atoms with van der Waals surface area (Å²) in [6.45, 7) is -1.47. The van der Waals surface area contributed by atoms with Crippen LogP contribution in [0.15, 0.2) is 156 Å². The molecule has 5 aromatic carbocycles. The van der Waals surface area contributed by atoms with E-state index in [1.807, 2.05) is 12.1 Å². The number of aliphatic imine (C=N–C) groups is 2. The number of carbonyl (C=O) groups is 4. The first kappa shape index (κ1) is 59.3. The highest BCUT2D eigenvalue weighted by molar-refractivity contribution is 7.26. The van der Waals surface area contributed by atoms with Gasteiger partial charge < -0.3 is 37.9 Å². The fraction of sp³-hybridized carbons (Fsp3) is 0.143. The summed E-state index contributed by atoms with van der Waals surface area (Å²) in [4.78, 5) is 78.1. The average Bonchev–Trinajstić information content (AvgIpc) is 1.71. The Morgan fingerprint density at radius 3 is 1.40 bits per heavy atom. The number of nitriles is 4. The third kappa shape index (κ3) is 13.4. The normalized spacial score (nSPS) is 11.5. The maximum atomic E-state index is 15.4. The number of ether oxygens (including phenoxy) is 8. The first-order valence-corrected chi connectivity index (χ1v) is 29.2. The van der Waals surface area contributed by atoms with E-state index in [4.69, 9.17) is 47.9 Å². The second kappa shape index (κ2) is 27.2. The first-order valence-electron chi connectivity index (χ1n) is 25.9. The lowest BCUT2D eigenvalue weighted by Gasteiger charge is -2.34. The smallest absolute Gasteiger partial charge is 0.369 e. The van der Waals surface area contributed by atoms with Crippen molar-refractivity contribution >= 4 is 90.6 Å². The van der Waals surface area contributed by atoms with E-state index < -0.39 is 53.9 Å². The predicted octanol–water partition coefficient (Wildman–Crippen LogP) is 12.1. The van der Waals surface area contributed by atoms with Crippen LogP contribution in [0, 0.1) is 45.3 Å². The van der Waals surface area contributed by atoms with Crippen molar-refractivity contribution in [3.05, 3.63) is 179 Å². The zero-order valence-electron chi connectivity index (χ0n) is 45.7. The Labute approximate surface area is 512 Å². The van der Waals surface area contributed by atoms with Gasteiger partial charge in [-0.1, -0.05) is 121 Å². The molecule has 0 bridgehead atoms. The molecular weight excluding hydrogens is 1190 g/mol. The summed E-state index contributed by atoms with van der Waals surface area (Å²) in [5, 5.41) is 39.2. The van der Waals surface area contributed by atoms with Gasteiger partial charge in [0.1, 0.15) is 109 Å². The second-order valence-corrected chi connectivity index (χ2v) is 22.4. The largest absolute Gasteiger partial charge is 0.495 e. The molecular formula is C63H42N8O12S4. The Morgan fingerprint density at radius 1 is 0.506 bits per heavy atom. The molecule has 1 aliphatic heterocycles. The molecule has 0 saturated carbocycles. The number of methoxy groups -OCH3 is 2. The molecule has 0 N–H and O–H groups in total. The lowest BCUT2D eigenvalue weighted by molar-refractivity contribution is -0.184. The summed E-state index contributed by atoms with van der Waals surface area (Å²) in [6.07, 6.45) is -0.441. The summed E-state index contributed by atoms with van der Waals surface area (Å²) in [5.74, 6) is -3.54. The zero-order valence-corrected chi connectivity index (χ0v) is 49.0. The van der Waals surface area contributed by atoms with Crippen LogP contribution in [-0.4, -0.2) is 66.1 Å². The van der Waals surface area contributed by atoms with E-state index in [2.05, 4.69) is 9.98 Å². The number of fused-ring (bicyclic) bond motifs is 3. The number of carbonyl (C=O) groups excluding carboxylic acids is 4. The summed E-state index contributed by atoms with van der Waals surface area (Å²) in [5.41, 5.74) is -0.915. The van der Waals surface area contributed by atoms with Crippen LogP contribution in [0.25, 0.3) is 40.7 Å². The summed E-state index contributed by atoms with van der Waals surface area (Å²) in [6, 6.07) is 48.6. The Bertz CT molecular complexity index is 4220. The minimum atomic E-state index is -2.84. The van der Waals surface area contributed by atoms with Crippen LogP contribution in [0.5, 0.6) is 23.0 Å². The number of nitrogens with zero attached hydrogens (tertiary/aromatic N) is 8. The van der Waals surface area contributed by atoms with Crippen molar-refractivity contribution in [3.63, 3.8) is 0 Å². The molecule has 1 aliphatic rings. The van der Waals surface area contributed by atoms with Gasteiger partial charge in [-0.2, -0.15) is 21.0 Å². The molecule has 5 heterocycles. The van der Waals surface area contributed by atoms with Crippen LogP contribution in [0.2, 0.25) is 0 Å². The summed E-state index contributed by atoms with van der Waals surface area (Å²) < 4.78 is 48.5. The van der Waals surface area contributed by atoms with Gasteiger partial charge in [0, 0.05) is 23.3 Å². The van der Waals surface area contributed by atoms with Gasteiger partial charge in [-0.15, -0.1) is 45.3 Å². The van der Waals surface area contributed by atoms with E-state index in [1.54, 1.807) is 133 Å². The van der Waals surface area contributed by atoms with Crippen LogP contribution in [0.4, 0.5) is 10.0 Å². The van der Waals surface area contributed by atoms with Crippen LogP contribution >= 0.6 is 45.3 Å². The Balaban J connectivity index is 1.19. The number of thiazole rings is 2. The molecule has 4 aromatic heterocycles. The van der Waals surface area contributed by atoms with Crippen LogP contribution in [0.1, 0.15) is 33.6 Å². The molecule has 0 aliphatic carbocycles. The van der Waals surface area contributed by atoms with E-state index >= 15 is 9.59 Å². The predicted molar refractivity (Wildman–Crippen MR) is 321 cm³/mol. The Hall–Kier alpha value is -10.9. The van der Waals surface area contributed by atoms with E-state index in [-0.39, 0.29) is 102 Å². The molecule has 0 spiro atoms. The zero-order chi connectivity index (χ0) is 60.9. The molecule has 24 heteroatoms. The van der Waals surface area contributed by atoms with Gasteiger partial charge in [0.15, 0.2) is 6.61 Å². The first-order chi connectivity index (χ1) is 42.4. The number of thiophene rings is 2. The maximum Gasteiger partial charge on any atom is 0.369 e. The third-order valence-corrected chi connectivity index (χ3v) is 17.2. The molecule has 20 nitrogen and oxygen atoms in total. The lowest BCUT2D eigenvalue weighted by atomic mass is 9.91. The standard InChI is InChI=1S/C63H42N8O12S4/c1-76-48-26-50(68-41(28-64)29-65)84-56(48)59-70-45(25-52(72)79-32-37-15-7-3-8-16-37)54(86-59)43-24-47-44(23-46(43)78-36-53(73)80-33-38-17-9-4-10-18-38)55-58(71-60(87-55)57-49(77-2)27-51(85-57)69-42(30-66)31-67)63(83-47,61(74)81-34-39-19-11-5-12-20-39)62(75)82-35-40-21-13-6-14-22-40/h3-24,26-27H,25,32-36H2,1-2H3. The van der Waals surface area contributed by atoms with Gasteiger partial charge in [-0.25, -0.2) is 34.3 Å². The van der Waals surface area contributed by atoms with Crippen molar-refractivity contribution in [3.8, 4) is 87.9 Å². The topological polar surface area (TPSA) is 288 Å². The molecule has 0 fully saturated rings. The molecule has 0 saturated heterocycles. The highest BCUT2D eigenvalue weighted by Crippen LogP contribution is 2.57. The number of rotatable bonds is 22. The molecule has 0 unspecified atom stereocenters. The number of hydrogen-bond acceptors (Lipinski definition) is 24. The van der Waals surface area contributed by atoms with Gasteiger partial charge >= 0.3 is 29.5 Å². The van der Waals surface area contributed by atoms with Crippen LogP contribution in [0.3, 0.4) is 0 Å². The van der Waals surface area contributed by atoms with Gasteiger partial charge in [0.05, 0.1) is 36.1 Å². The minimum absolute atomic E-state index is 0.00296. The molecule has 0 radical (unpaired) electrons. The number of hydrogen-bond donors (Lipinski definition) is 0. The molecule has 0 amide bonds. The average molecular weight is 1230 g/mol. The van der Waals surface area contributed by atoms with Crippen molar-refractivity contribution in [1.29, 1.82) is 21.0 Å².